The molecule has 88 valence electrons. The molecule has 0 radical (unpaired) electrons. The minimum atomic E-state index is 0.599. The molecule has 0 unspecified atom stereocenters. The van der Waals surface area contributed by atoms with Gasteiger partial charge < -0.3 is 5.32 Å². The van der Waals surface area contributed by atoms with Gasteiger partial charge in [-0.1, -0.05) is 24.4 Å². The largest absolute Gasteiger partial charge is 0.381 e. The maximum atomic E-state index is 6.18. The van der Waals surface area contributed by atoms with Crippen LogP contribution in [0.3, 0.4) is 0 Å². The van der Waals surface area contributed by atoms with Crippen LogP contribution in [0.5, 0.6) is 0 Å². The van der Waals surface area contributed by atoms with Gasteiger partial charge in [0.05, 0.1) is 16.2 Å². The van der Waals surface area contributed by atoms with E-state index in [9.17, 15) is 0 Å². The molecule has 1 aliphatic carbocycles. The van der Waals surface area contributed by atoms with Crippen molar-refractivity contribution in [3.8, 4) is 0 Å². The smallest absolute Gasteiger partial charge is 0.0948 e. The van der Waals surface area contributed by atoms with E-state index in [2.05, 4.69) is 10.3 Å². The molecule has 0 saturated heterocycles. The van der Waals surface area contributed by atoms with Gasteiger partial charge in [-0.2, -0.15) is 0 Å². The Balaban J connectivity index is 2.01. The zero-order chi connectivity index (χ0) is 11.7. The molecule has 2 aromatic rings. The van der Waals surface area contributed by atoms with Crippen LogP contribution in [-0.2, 0) is 0 Å². The average Bonchev–Trinajstić information content (AvgIpc) is 2.86. The molecular formula is C14H15ClN2. The third-order valence-electron chi connectivity index (χ3n) is 3.43. The number of anilines is 1. The highest BCUT2D eigenvalue weighted by Gasteiger charge is 2.16. The average molecular weight is 247 g/mol. The zero-order valence-electron chi connectivity index (χ0n) is 9.62. The van der Waals surface area contributed by atoms with Crippen LogP contribution >= 0.6 is 11.6 Å². The van der Waals surface area contributed by atoms with Crippen LogP contribution < -0.4 is 5.32 Å². The lowest BCUT2D eigenvalue weighted by Crippen LogP contribution is -2.14. The summed E-state index contributed by atoms with van der Waals surface area (Å²) in [5, 5.41) is 5.38. The van der Waals surface area contributed by atoms with Crippen molar-refractivity contribution in [1.29, 1.82) is 0 Å². The summed E-state index contributed by atoms with van der Waals surface area (Å²) in [6, 6.07) is 8.53. The van der Waals surface area contributed by atoms with Crippen molar-refractivity contribution in [2.45, 2.75) is 31.7 Å². The lowest BCUT2D eigenvalue weighted by molar-refractivity contribution is 0.756. The summed E-state index contributed by atoms with van der Waals surface area (Å²) in [5.41, 5.74) is 2.09. The Kier molecular flexibility index (Phi) is 2.89. The van der Waals surface area contributed by atoms with Gasteiger partial charge in [0.1, 0.15) is 0 Å². The molecule has 3 heteroatoms. The van der Waals surface area contributed by atoms with Gasteiger partial charge in [0.25, 0.3) is 0 Å². The molecule has 0 atom stereocenters. The van der Waals surface area contributed by atoms with Crippen LogP contribution in [0.1, 0.15) is 25.7 Å². The van der Waals surface area contributed by atoms with Gasteiger partial charge in [-0.25, -0.2) is 0 Å². The minimum Gasteiger partial charge on any atom is -0.381 e. The predicted octanol–water partition coefficient (Wildman–Crippen LogP) is 4.24. The topological polar surface area (TPSA) is 24.9 Å². The zero-order valence-corrected chi connectivity index (χ0v) is 10.4. The number of rotatable bonds is 2. The highest BCUT2D eigenvalue weighted by Crippen LogP contribution is 2.30. The van der Waals surface area contributed by atoms with Crippen LogP contribution in [0.2, 0.25) is 5.02 Å². The fraction of sp³-hybridized carbons (Fsp3) is 0.357. The van der Waals surface area contributed by atoms with Crippen molar-refractivity contribution in [2.24, 2.45) is 0 Å². The number of nitrogens with zero attached hydrogens (tertiary/aromatic N) is 1. The first-order chi connectivity index (χ1) is 8.34. The van der Waals surface area contributed by atoms with Gasteiger partial charge in [-0.3, -0.25) is 4.98 Å². The molecule has 1 aromatic carbocycles. The number of pyridine rings is 1. The summed E-state index contributed by atoms with van der Waals surface area (Å²) in [6.45, 7) is 0. The van der Waals surface area contributed by atoms with Gasteiger partial charge in [-0.15, -0.1) is 0 Å². The summed E-state index contributed by atoms with van der Waals surface area (Å²) in [7, 11) is 0. The molecule has 1 saturated carbocycles. The van der Waals surface area contributed by atoms with Gasteiger partial charge in [0, 0.05) is 17.6 Å². The summed E-state index contributed by atoms with van der Waals surface area (Å²) in [5.74, 6) is 0. The number of fused-ring (bicyclic) bond motifs is 1. The van der Waals surface area contributed by atoms with E-state index < -0.39 is 0 Å². The van der Waals surface area contributed by atoms with Crippen molar-refractivity contribution >= 4 is 28.2 Å². The Morgan fingerprint density at radius 1 is 1.18 bits per heavy atom. The Bertz CT molecular complexity index is 533. The van der Waals surface area contributed by atoms with Gasteiger partial charge in [0.2, 0.25) is 0 Å². The summed E-state index contributed by atoms with van der Waals surface area (Å²) in [6.07, 6.45) is 7.00. The van der Waals surface area contributed by atoms with Crippen LogP contribution in [-0.4, -0.2) is 11.0 Å². The number of hydrogen-bond donors (Lipinski definition) is 1. The van der Waals surface area contributed by atoms with Gasteiger partial charge >= 0.3 is 0 Å². The molecule has 0 bridgehead atoms. The molecule has 0 amide bonds. The summed E-state index contributed by atoms with van der Waals surface area (Å²) < 4.78 is 0. The first kappa shape index (κ1) is 10.8. The third-order valence-corrected chi connectivity index (χ3v) is 3.76. The van der Waals surface area contributed by atoms with Crippen molar-refractivity contribution in [3.05, 3.63) is 35.5 Å². The van der Waals surface area contributed by atoms with Crippen LogP contribution in [0.4, 0.5) is 5.69 Å². The Morgan fingerprint density at radius 2 is 2.00 bits per heavy atom. The molecule has 0 aliphatic heterocycles. The normalized spacial score (nSPS) is 16.5. The number of nitrogens with one attached hydrogen (secondary N) is 1. The van der Waals surface area contributed by atoms with Gasteiger partial charge in [0.15, 0.2) is 0 Å². The van der Waals surface area contributed by atoms with E-state index in [1.807, 2.05) is 30.5 Å². The standard InChI is InChI=1S/C14H15ClN2/c15-12-7-8-13(17-10-4-1-2-5-10)14-11(12)6-3-9-16-14/h3,6-10,17H,1-2,4-5H2. The molecule has 1 fully saturated rings. The number of halogens is 1. The van der Waals surface area contributed by atoms with E-state index in [1.165, 1.54) is 25.7 Å². The fourth-order valence-electron chi connectivity index (χ4n) is 2.54. The first-order valence-corrected chi connectivity index (χ1v) is 6.52. The predicted molar refractivity (Wildman–Crippen MR) is 72.6 cm³/mol. The summed E-state index contributed by atoms with van der Waals surface area (Å²) in [4.78, 5) is 4.44. The second-order valence-corrected chi connectivity index (χ2v) is 5.03. The Morgan fingerprint density at radius 3 is 2.82 bits per heavy atom. The summed E-state index contributed by atoms with van der Waals surface area (Å²) >= 11 is 6.18. The molecule has 2 nitrogen and oxygen atoms in total. The first-order valence-electron chi connectivity index (χ1n) is 6.14. The van der Waals surface area contributed by atoms with E-state index in [0.29, 0.717) is 6.04 Å². The van der Waals surface area contributed by atoms with Crippen molar-refractivity contribution in [1.82, 2.24) is 4.98 Å². The van der Waals surface area contributed by atoms with Gasteiger partial charge in [-0.05, 0) is 37.1 Å². The molecule has 1 aliphatic rings. The SMILES string of the molecule is Clc1ccc(NC2CCCC2)c2ncccc12. The van der Waals surface area contributed by atoms with Crippen molar-refractivity contribution in [3.63, 3.8) is 0 Å². The van der Waals surface area contributed by atoms with E-state index >= 15 is 0 Å². The molecule has 1 heterocycles. The molecule has 0 spiro atoms. The highest BCUT2D eigenvalue weighted by atomic mass is 35.5. The van der Waals surface area contributed by atoms with E-state index in [4.69, 9.17) is 11.6 Å². The van der Waals surface area contributed by atoms with E-state index in [-0.39, 0.29) is 0 Å². The Labute approximate surface area is 106 Å². The Hall–Kier alpha value is -1.28. The lowest BCUT2D eigenvalue weighted by Gasteiger charge is -2.15. The van der Waals surface area contributed by atoms with Crippen LogP contribution in [0, 0.1) is 0 Å². The highest BCUT2D eigenvalue weighted by molar-refractivity contribution is 6.35. The monoisotopic (exact) mass is 246 g/mol. The lowest BCUT2D eigenvalue weighted by atomic mass is 10.1. The number of aromatic nitrogens is 1. The van der Waals surface area contributed by atoms with Crippen LogP contribution in [0.25, 0.3) is 10.9 Å². The molecule has 1 aromatic heterocycles. The molecular weight excluding hydrogens is 232 g/mol. The maximum Gasteiger partial charge on any atom is 0.0948 e. The third kappa shape index (κ3) is 2.09. The fourth-order valence-corrected chi connectivity index (χ4v) is 2.76. The maximum absolute atomic E-state index is 6.18. The second kappa shape index (κ2) is 4.53. The van der Waals surface area contributed by atoms with Crippen molar-refractivity contribution in [2.75, 3.05) is 5.32 Å². The van der Waals surface area contributed by atoms with E-state index in [1.54, 1.807) is 0 Å². The number of benzene rings is 1. The second-order valence-electron chi connectivity index (χ2n) is 4.62. The molecule has 17 heavy (non-hydrogen) atoms. The van der Waals surface area contributed by atoms with Crippen LogP contribution in [0.15, 0.2) is 30.5 Å². The van der Waals surface area contributed by atoms with E-state index in [0.717, 1.165) is 21.6 Å². The van der Waals surface area contributed by atoms with Crippen molar-refractivity contribution < 1.29 is 0 Å². The minimum absolute atomic E-state index is 0.599. The molecule has 1 N–H and O–H groups in total. The quantitative estimate of drug-likeness (QED) is 0.857. The molecule has 3 rings (SSSR count). The number of hydrogen-bond acceptors (Lipinski definition) is 2.